The van der Waals surface area contributed by atoms with Crippen molar-refractivity contribution < 1.29 is 17.9 Å². The molecule has 138 valence electrons. The number of carbonyl (C=O) groups excluding carboxylic acids is 1. The second-order valence-electron chi connectivity index (χ2n) is 5.68. The van der Waals surface area contributed by atoms with Gasteiger partial charge in [-0.3, -0.25) is 0 Å². The van der Waals surface area contributed by atoms with Crippen LogP contribution in [0.15, 0.2) is 16.3 Å². The smallest absolute Gasteiger partial charge is 0.348 e. The van der Waals surface area contributed by atoms with Crippen LogP contribution in [0.25, 0.3) is 0 Å². The molecule has 1 saturated carbocycles. The summed E-state index contributed by atoms with van der Waals surface area (Å²) in [5.41, 5.74) is 0. The Labute approximate surface area is 153 Å². The second-order valence-corrected chi connectivity index (χ2v) is 8.36. The van der Waals surface area contributed by atoms with Crippen molar-refractivity contribution in [2.45, 2.75) is 49.5 Å². The molecule has 0 aliphatic heterocycles. The number of rotatable bonds is 7. The summed E-state index contributed by atoms with van der Waals surface area (Å²) in [6, 6.07) is 1.84. The van der Waals surface area contributed by atoms with E-state index in [2.05, 4.69) is 14.8 Å². The lowest BCUT2D eigenvalue weighted by Gasteiger charge is -2.16. The maximum atomic E-state index is 12.2. The van der Waals surface area contributed by atoms with Crippen molar-refractivity contribution in [2.24, 2.45) is 0 Å². The molecule has 0 unspecified atom stereocenters. The zero-order chi connectivity index (χ0) is 16.7. The number of halogens is 1. The van der Waals surface area contributed by atoms with E-state index in [9.17, 15) is 13.2 Å². The lowest BCUT2D eigenvalue weighted by Crippen LogP contribution is -2.36. The molecule has 0 aromatic carbocycles. The molecule has 2 rings (SSSR count). The van der Waals surface area contributed by atoms with Crippen LogP contribution < -0.4 is 10.0 Å². The minimum Gasteiger partial charge on any atom is -0.465 e. The molecule has 9 heteroatoms. The summed E-state index contributed by atoms with van der Waals surface area (Å²) in [5, 5.41) is 4.87. The largest absolute Gasteiger partial charge is 0.465 e. The molecule has 0 spiro atoms. The molecule has 0 atom stereocenters. The van der Waals surface area contributed by atoms with Gasteiger partial charge in [0.1, 0.15) is 4.88 Å². The minimum absolute atomic E-state index is 0. The van der Waals surface area contributed by atoms with E-state index in [1.165, 1.54) is 57.1 Å². The number of thiophene rings is 1. The van der Waals surface area contributed by atoms with Crippen molar-refractivity contribution in [1.29, 1.82) is 0 Å². The van der Waals surface area contributed by atoms with E-state index >= 15 is 0 Å². The van der Waals surface area contributed by atoms with Gasteiger partial charge in [0.25, 0.3) is 0 Å². The summed E-state index contributed by atoms with van der Waals surface area (Å²) in [4.78, 5) is 11.8. The van der Waals surface area contributed by atoms with Crippen molar-refractivity contribution in [3.05, 3.63) is 16.3 Å². The van der Waals surface area contributed by atoms with Crippen LogP contribution in [-0.2, 0) is 14.8 Å². The first-order valence-corrected chi connectivity index (χ1v) is 10.3. The predicted molar refractivity (Wildman–Crippen MR) is 97.6 cm³/mol. The standard InChI is InChI=1S/C15H24N2O4S2.ClH/c1-21-15(18)14-10-13(11-22-14)23(19,20)17-9-8-16-12-6-4-2-3-5-7-12;/h10-12,16-17H,2-9H2,1H3;1H. The Morgan fingerprint density at radius 2 is 1.92 bits per heavy atom. The third kappa shape index (κ3) is 6.33. The molecule has 0 amide bonds. The number of esters is 1. The van der Waals surface area contributed by atoms with Gasteiger partial charge in [-0.2, -0.15) is 0 Å². The molecule has 1 aliphatic carbocycles. The molecule has 1 aromatic heterocycles. The van der Waals surface area contributed by atoms with Crippen molar-refractivity contribution in [3.8, 4) is 0 Å². The molecule has 6 nitrogen and oxygen atoms in total. The fourth-order valence-corrected chi connectivity index (χ4v) is 4.92. The summed E-state index contributed by atoms with van der Waals surface area (Å²) < 4.78 is 31.5. The van der Waals surface area contributed by atoms with Gasteiger partial charge in [0.15, 0.2) is 0 Å². The Hall–Kier alpha value is -0.670. The first kappa shape index (κ1) is 21.4. The van der Waals surface area contributed by atoms with Gasteiger partial charge in [-0.05, 0) is 18.9 Å². The van der Waals surface area contributed by atoms with E-state index in [4.69, 9.17) is 0 Å². The monoisotopic (exact) mass is 396 g/mol. The zero-order valence-electron chi connectivity index (χ0n) is 13.7. The molecule has 2 N–H and O–H groups in total. The van der Waals surface area contributed by atoms with E-state index in [0.29, 0.717) is 19.1 Å². The van der Waals surface area contributed by atoms with Gasteiger partial charge < -0.3 is 10.1 Å². The topological polar surface area (TPSA) is 84.5 Å². The van der Waals surface area contributed by atoms with Crippen LogP contribution in [-0.4, -0.2) is 40.6 Å². The second kappa shape index (κ2) is 10.4. The average molecular weight is 397 g/mol. The van der Waals surface area contributed by atoms with Crippen LogP contribution in [0.1, 0.15) is 48.2 Å². The highest BCUT2D eigenvalue weighted by molar-refractivity contribution is 7.89. The summed E-state index contributed by atoms with van der Waals surface area (Å²) in [7, 11) is -2.31. The minimum atomic E-state index is -3.58. The van der Waals surface area contributed by atoms with Gasteiger partial charge in [-0.1, -0.05) is 25.7 Å². The summed E-state index contributed by atoms with van der Waals surface area (Å²) in [6.45, 7) is 0.945. The third-order valence-electron chi connectivity index (χ3n) is 3.98. The van der Waals surface area contributed by atoms with Crippen molar-refractivity contribution in [1.82, 2.24) is 10.0 Å². The number of hydrogen-bond donors (Lipinski definition) is 2. The SMILES string of the molecule is COC(=O)c1cc(S(=O)(=O)NCCNC2CCCCCC2)cs1.Cl. The number of carbonyl (C=O) groups is 1. The fourth-order valence-electron chi connectivity index (χ4n) is 2.70. The van der Waals surface area contributed by atoms with E-state index < -0.39 is 16.0 Å². The van der Waals surface area contributed by atoms with Crippen molar-refractivity contribution in [2.75, 3.05) is 20.2 Å². The molecule has 1 aromatic rings. The Morgan fingerprint density at radius 1 is 1.25 bits per heavy atom. The average Bonchev–Trinajstić information content (AvgIpc) is 2.90. The zero-order valence-corrected chi connectivity index (χ0v) is 16.2. The Morgan fingerprint density at radius 3 is 2.54 bits per heavy atom. The maximum Gasteiger partial charge on any atom is 0.348 e. The van der Waals surface area contributed by atoms with Crippen LogP contribution in [0.4, 0.5) is 0 Å². The summed E-state index contributed by atoms with van der Waals surface area (Å²) >= 11 is 1.06. The van der Waals surface area contributed by atoms with Crippen LogP contribution in [0.3, 0.4) is 0 Å². The number of sulfonamides is 1. The lowest BCUT2D eigenvalue weighted by molar-refractivity contribution is 0.0606. The third-order valence-corrected chi connectivity index (χ3v) is 6.48. The van der Waals surface area contributed by atoms with Gasteiger partial charge in [-0.15, -0.1) is 23.7 Å². The Kier molecular flexibility index (Phi) is 9.22. The van der Waals surface area contributed by atoms with E-state index in [-0.39, 0.29) is 22.2 Å². The molecule has 0 bridgehead atoms. The highest BCUT2D eigenvalue weighted by Crippen LogP contribution is 2.20. The molecule has 0 saturated heterocycles. The van der Waals surface area contributed by atoms with Gasteiger partial charge in [0, 0.05) is 24.5 Å². The highest BCUT2D eigenvalue weighted by atomic mass is 35.5. The van der Waals surface area contributed by atoms with E-state index in [0.717, 1.165) is 11.3 Å². The van der Waals surface area contributed by atoms with E-state index in [1.54, 1.807) is 0 Å². The molecular formula is C15H25ClN2O4S2. The lowest BCUT2D eigenvalue weighted by atomic mass is 10.1. The normalized spacial score (nSPS) is 16.2. The van der Waals surface area contributed by atoms with Crippen molar-refractivity contribution in [3.63, 3.8) is 0 Å². The molecular weight excluding hydrogens is 372 g/mol. The molecule has 1 heterocycles. The quantitative estimate of drug-likeness (QED) is 0.420. The number of ether oxygens (including phenoxy) is 1. The van der Waals surface area contributed by atoms with Gasteiger partial charge in [0.2, 0.25) is 10.0 Å². The van der Waals surface area contributed by atoms with Crippen LogP contribution >= 0.6 is 23.7 Å². The van der Waals surface area contributed by atoms with E-state index in [1.807, 2.05) is 0 Å². The number of hydrogen-bond acceptors (Lipinski definition) is 6. The van der Waals surface area contributed by atoms with Crippen molar-refractivity contribution >= 4 is 39.7 Å². The maximum absolute atomic E-state index is 12.2. The summed E-state index contributed by atoms with van der Waals surface area (Å²) in [6.07, 6.45) is 7.42. The van der Waals surface area contributed by atoms with Crippen LogP contribution in [0.2, 0.25) is 0 Å². The number of nitrogens with one attached hydrogen (secondary N) is 2. The highest BCUT2D eigenvalue weighted by Gasteiger charge is 2.19. The molecule has 24 heavy (non-hydrogen) atoms. The molecule has 0 radical (unpaired) electrons. The molecule has 1 aliphatic rings. The fraction of sp³-hybridized carbons (Fsp3) is 0.667. The van der Waals surface area contributed by atoms with Crippen LogP contribution in [0, 0.1) is 0 Å². The first-order chi connectivity index (χ1) is 11.0. The van der Waals surface area contributed by atoms with Crippen LogP contribution in [0.5, 0.6) is 0 Å². The van der Waals surface area contributed by atoms with Gasteiger partial charge >= 0.3 is 5.97 Å². The Bertz CT molecular complexity index is 611. The predicted octanol–water partition coefficient (Wildman–Crippen LogP) is 2.55. The first-order valence-electron chi connectivity index (χ1n) is 7.93. The Balaban J connectivity index is 0.00000288. The number of methoxy groups -OCH3 is 1. The summed E-state index contributed by atoms with van der Waals surface area (Å²) in [5.74, 6) is -0.522. The molecule has 1 fully saturated rings. The van der Waals surface area contributed by atoms with Gasteiger partial charge in [-0.25, -0.2) is 17.9 Å². The van der Waals surface area contributed by atoms with Gasteiger partial charge in [0.05, 0.1) is 12.0 Å².